The van der Waals surface area contributed by atoms with Gasteiger partial charge in [-0.05, 0) is 31.9 Å². The highest BCUT2D eigenvalue weighted by Crippen LogP contribution is 2.65. The van der Waals surface area contributed by atoms with Crippen molar-refractivity contribution in [1.29, 1.82) is 0 Å². The molecule has 4 nitrogen and oxygen atoms in total. The first-order valence-electron chi connectivity index (χ1n) is 7.15. The number of nitrogens with one attached hydrogen (secondary N) is 1. The van der Waals surface area contributed by atoms with Crippen molar-refractivity contribution in [2.75, 3.05) is 5.32 Å². The van der Waals surface area contributed by atoms with Crippen LogP contribution in [0.4, 0.5) is 5.69 Å². The number of hydrogen-bond donors (Lipinski definition) is 1. The molecule has 1 heterocycles. The largest absolute Gasteiger partial charge is 0.448 e. The van der Waals surface area contributed by atoms with Crippen molar-refractivity contribution in [3.05, 3.63) is 28.2 Å². The van der Waals surface area contributed by atoms with Crippen molar-refractivity contribution in [1.82, 2.24) is 0 Å². The second-order valence-electron chi connectivity index (χ2n) is 6.72. The van der Waals surface area contributed by atoms with Gasteiger partial charge in [-0.3, -0.25) is 9.59 Å². The molecule has 3 rings (SSSR count). The van der Waals surface area contributed by atoms with Crippen LogP contribution >= 0.6 is 23.2 Å². The van der Waals surface area contributed by atoms with Gasteiger partial charge in [-0.2, -0.15) is 0 Å². The molecule has 2 fully saturated rings. The van der Waals surface area contributed by atoms with E-state index in [2.05, 4.69) is 5.32 Å². The first-order valence-corrected chi connectivity index (χ1v) is 7.90. The van der Waals surface area contributed by atoms with E-state index in [4.69, 9.17) is 27.9 Å². The standard InChI is InChI=1S/C16H17Cl2NO3/c1-14(2)15(3)7-8-16(14,22-13(15)21)12(20)19-11-9(17)5-4-6-10(11)18/h4-6H,7-8H2,1-3H3,(H,19,20)/t15-,16+/m0/s1. The Kier molecular flexibility index (Phi) is 3.28. The third kappa shape index (κ3) is 1.71. The van der Waals surface area contributed by atoms with Gasteiger partial charge < -0.3 is 10.1 Å². The van der Waals surface area contributed by atoms with Crippen molar-refractivity contribution < 1.29 is 14.3 Å². The lowest BCUT2D eigenvalue weighted by molar-refractivity contribution is -0.165. The predicted molar refractivity (Wildman–Crippen MR) is 85.0 cm³/mol. The van der Waals surface area contributed by atoms with Crippen LogP contribution in [0.2, 0.25) is 10.0 Å². The van der Waals surface area contributed by atoms with Gasteiger partial charge in [0, 0.05) is 5.41 Å². The van der Waals surface area contributed by atoms with E-state index in [-0.39, 0.29) is 11.9 Å². The van der Waals surface area contributed by atoms with Crippen LogP contribution in [-0.2, 0) is 14.3 Å². The second kappa shape index (κ2) is 4.62. The Balaban J connectivity index is 1.98. The van der Waals surface area contributed by atoms with Gasteiger partial charge in [0.15, 0.2) is 5.60 Å². The monoisotopic (exact) mass is 341 g/mol. The smallest absolute Gasteiger partial charge is 0.313 e. The molecule has 22 heavy (non-hydrogen) atoms. The van der Waals surface area contributed by atoms with Crippen LogP contribution in [0.1, 0.15) is 33.6 Å². The molecule has 2 atom stereocenters. The summed E-state index contributed by atoms with van der Waals surface area (Å²) in [5, 5.41) is 3.45. The summed E-state index contributed by atoms with van der Waals surface area (Å²) < 4.78 is 5.54. The van der Waals surface area contributed by atoms with Crippen molar-refractivity contribution >= 4 is 40.8 Å². The highest BCUT2D eigenvalue weighted by Gasteiger charge is 2.75. The molecule has 118 valence electrons. The molecule has 0 spiro atoms. The number of para-hydroxylation sites is 1. The number of anilines is 1. The fraction of sp³-hybridized carbons (Fsp3) is 0.500. The SMILES string of the molecule is CC1(C)[C@@]2(C)CC[C@]1(C(=O)Nc1c(Cl)cccc1Cl)OC2=O. The number of rotatable bonds is 2. The van der Waals surface area contributed by atoms with E-state index >= 15 is 0 Å². The van der Waals surface area contributed by atoms with Gasteiger partial charge in [0.1, 0.15) is 0 Å². The first kappa shape index (κ1) is 15.6. The van der Waals surface area contributed by atoms with Crippen LogP contribution in [0.3, 0.4) is 0 Å². The van der Waals surface area contributed by atoms with Crippen LogP contribution in [0.15, 0.2) is 18.2 Å². The molecule has 1 aromatic rings. The molecule has 1 saturated heterocycles. The number of carbonyl (C=O) groups is 2. The number of esters is 1. The maximum atomic E-state index is 12.9. The molecule has 2 aliphatic rings. The molecule has 6 heteroatoms. The third-order valence-corrected chi connectivity index (χ3v) is 6.28. The zero-order valence-corrected chi connectivity index (χ0v) is 14.1. The molecule has 1 aliphatic heterocycles. The number of ether oxygens (including phenoxy) is 1. The molecular weight excluding hydrogens is 325 g/mol. The molecule has 1 amide bonds. The lowest BCUT2D eigenvalue weighted by Gasteiger charge is -2.35. The number of hydrogen-bond acceptors (Lipinski definition) is 3. The highest BCUT2D eigenvalue weighted by atomic mass is 35.5. The Morgan fingerprint density at radius 1 is 1.18 bits per heavy atom. The van der Waals surface area contributed by atoms with Gasteiger partial charge in [0.2, 0.25) is 0 Å². The first-order chi connectivity index (χ1) is 10.2. The number of halogens is 2. The fourth-order valence-corrected chi connectivity index (χ4v) is 4.07. The van der Waals surface area contributed by atoms with E-state index in [9.17, 15) is 9.59 Å². The minimum Gasteiger partial charge on any atom is -0.448 e. The average molecular weight is 342 g/mol. The number of fused-ring (bicyclic) bond motifs is 2. The lowest BCUT2D eigenvalue weighted by Crippen LogP contribution is -2.50. The number of amides is 1. The van der Waals surface area contributed by atoms with Gasteiger partial charge in [-0.1, -0.05) is 43.1 Å². The van der Waals surface area contributed by atoms with Crippen molar-refractivity contribution in [2.45, 2.75) is 39.2 Å². The Labute approximate surface area is 139 Å². The summed E-state index contributed by atoms with van der Waals surface area (Å²) in [4.78, 5) is 25.1. The molecule has 0 radical (unpaired) electrons. The normalized spacial score (nSPS) is 32.0. The topological polar surface area (TPSA) is 55.4 Å². The highest BCUT2D eigenvalue weighted by molar-refractivity contribution is 6.39. The molecule has 1 saturated carbocycles. The van der Waals surface area contributed by atoms with Crippen molar-refractivity contribution in [2.24, 2.45) is 10.8 Å². The summed E-state index contributed by atoms with van der Waals surface area (Å²) in [6.45, 7) is 5.66. The van der Waals surface area contributed by atoms with Gasteiger partial charge in [0.25, 0.3) is 5.91 Å². The Hall–Kier alpha value is -1.26. The zero-order valence-electron chi connectivity index (χ0n) is 12.6. The average Bonchev–Trinajstić information content (AvgIpc) is 2.73. The second-order valence-corrected chi connectivity index (χ2v) is 7.54. The van der Waals surface area contributed by atoms with Gasteiger partial charge >= 0.3 is 5.97 Å². The quantitative estimate of drug-likeness (QED) is 0.825. The zero-order chi connectivity index (χ0) is 16.3. The summed E-state index contributed by atoms with van der Waals surface area (Å²) >= 11 is 12.2. The molecule has 2 bridgehead atoms. The van der Waals surface area contributed by atoms with Crippen LogP contribution in [-0.4, -0.2) is 17.5 Å². The van der Waals surface area contributed by atoms with Crippen LogP contribution in [0.25, 0.3) is 0 Å². The van der Waals surface area contributed by atoms with Gasteiger partial charge in [-0.15, -0.1) is 0 Å². The molecule has 0 unspecified atom stereocenters. The van der Waals surface area contributed by atoms with E-state index in [0.29, 0.717) is 28.6 Å². The predicted octanol–water partition coefficient (Wildman–Crippen LogP) is 4.05. The van der Waals surface area contributed by atoms with Crippen LogP contribution < -0.4 is 5.32 Å². The lowest BCUT2D eigenvalue weighted by atomic mass is 9.66. The Bertz CT molecular complexity index is 668. The van der Waals surface area contributed by atoms with E-state index in [1.54, 1.807) is 18.2 Å². The van der Waals surface area contributed by atoms with E-state index in [1.807, 2.05) is 20.8 Å². The summed E-state index contributed by atoms with van der Waals surface area (Å²) in [6.07, 6.45) is 1.12. The fourth-order valence-electron chi connectivity index (χ4n) is 3.58. The molecule has 1 aromatic carbocycles. The number of carbonyl (C=O) groups excluding carboxylic acids is 2. The maximum absolute atomic E-state index is 12.9. The number of benzene rings is 1. The van der Waals surface area contributed by atoms with E-state index in [1.165, 1.54) is 0 Å². The van der Waals surface area contributed by atoms with E-state index < -0.39 is 16.4 Å². The third-order valence-electron chi connectivity index (χ3n) is 5.65. The minimum absolute atomic E-state index is 0.316. The Morgan fingerprint density at radius 2 is 1.77 bits per heavy atom. The molecular formula is C16H17Cl2NO3. The van der Waals surface area contributed by atoms with Crippen LogP contribution in [0, 0.1) is 10.8 Å². The van der Waals surface area contributed by atoms with Gasteiger partial charge in [-0.25, -0.2) is 0 Å². The summed E-state index contributed by atoms with van der Waals surface area (Å²) in [7, 11) is 0. The Morgan fingerprint density at radius 3 is 2.23 bits per heavy atom. The molecule has 0 aromatic heterocycles. The summed E-state index contributed by atoms with van der Waals surface area (Å²) in [5.74, 6) is -0.689. The van der Waals surface area contributed by atoms with Crippen LogP contribution in [0.5, 0.6) is 0 Å². The molecule has 1 N–H and O–H groups in total. The summed E-state index contributed by atoms with van der Waals surface area (Å²) in [5.41, 5.74) is -2.08. The van der Waals surface area contributed by atoms with Crippen molar-refractivity contribution in [3.63, 3.8) is 0 Å². The molecule has 1 aliphatic carbocycles. The van der Waals surface area contributed by atoms with Gasteiger partial charge in [0.05, 0.1) is 21.1 Å². The maximum Gasteiger partial charge on any atom is 0.313 e. The minimum atomic E-state index is -1.18. The van der Waals surface area contributed by atoms with Crippen molar-refractivity contribution in [3.8, 4) is 0 Å². The summed E-state index contributed by atoms with van der Waals surface area (Å²) in [6, 6.07) is 4.99. The van der Waals surface area contributed by atoms with E-state index in [0.717, 1.165) is 0 Å².